The third kappa shape index (κ3) is 5.70. The first-order valence-electron chi connectivity index (χ1n) is 8.22. The number of ether oxygens (including phenoxy) is 1. The molecule has 1 aliphatic rings. The van der Waals surface area contributed by atoms with E-state index in [0.717, 1.165) is 12.5 Å². The maximum absolute atomic E-state index is 12.1. The van der Waals surface area contributed by atoms with Crippen molar-refractivity contribution in [1.82, 2.24) is 4.90 Å². The van der Waals surface area contributed by atoms with Crippen molar-refractivity contribution in [2.75, 3.05) is 19.7 Å². The molecule has 0 N–H and O–H groups in total. The summed E-state index contributed by atoms with van der Waals surface area (Å²) >= 11 is 0. The molecule has 1 aromatic carbocycles. The van der Waals surface area contributed by atoms with E-state index < -0.39 is 10.9 Å². The summed E-state index contributed by atoms with van der Waals surface area (Å²) in [6.07, 6.45) is 3.67. The highest BCUT2D eigenvalue weighted by molar-refractivity contribution is 5.89. The summed E-state index contributed by atoms with van der Waals surface area (Å²) in [6.45, 7) is 5.28. The number of hydrogen-bond donors (Lipinski definition) is 0. The molecule has 7 nitrogen and oxygen atoms in total. The molecule has 0 aromatic heterocycles. The van der Waals surface area contributed by atoms with Gasteiger partial charge in [-0.15, -0.1) is 0 Å². The van der Waals surface area contributed by atoms with E-state index in [-0.39, 0.29) is 18.2 Å². The van der Waals surface area contributed by atoms with Gasteiger partial charge in [0.15, 0.2) is 6.61 Å². The minimum atomic E-state index is -0.655. The highest BCUT2D eigenvalue weighted by Gasteiger charge is 2.25. The number of benzene rings is 1. The van der Waals surface area contributed by atoms with Gasteiger partial charge in [0.2, 0.25) is 0 Å². The molecular formula is C18H22N2O5. The number of hydrogen-bond acceptors (Lipinski definition) is 5. The van der Waals surface area contributed by atoms with E-state index >= 15 is 0 Å². The topological polar surface area (TPSA) is 89.8 Å². The number of likely N-dealkylation sites (tertiary alicyclic amines) is 1. The number of rotatable bonds is 5. The fraction of sp³-hybridized carbons (Fsp3) is 0.444. The van der Waals surface area contributed by atoms with Crippen LogP contribution in [0.15, 0.2) is 30.3 Å². The van der Waals surface area contributed by atoms with Gasteiger partial charge in [-0.05, 0) is 29.9 Å². The summed E-state index contributed by atoms with van der Waals surface area (Å²) in [5, 5.41) is 10.7. The lowest BCUT2D eigenvalue weighted by Gasteiger charge is -2.34. The lowest BCUT2D eigenvalue weighted by Crippen LogP contribution is -2.44. The van der Waals surface area contributed by atoms with Crippen LogP contribution in [-0.4, -0.2) is 41.4 Å². The summed E-state index contributed by atoms with van der Waals surface area (Å²) < 4.78 is 4.98. The molecule has 134 valence electrons. The zero-order valence-electron chi connectivity index (χ0n) is 14.4. The lowest BCUT2D eigenvalue weighted by atomic mass is 9.92. The van der Waals surface area contributed by atoms with Gasteiger partial charge in [-0.1, -0.05) is 26.0 Å². The van der Waals surface area contributed by atoms with Crippen LogP contribution in [0.5, 0.6) is 0 Å². The van der Waals surface area contributed by atoms with Gasteiger partial charge in [-0.3, -0.25) is 14.9 Å². The van der Waals surface area contributed by atoms with Gasteiger partial charge in [0.1, 0.15) is 0 Å². The third-order valence-electron chi connectivity index (χ3n) is 4.05. The van der Waals surface area contributed by atoms with Crippen molar-refractivity contribution in [3.63, 3.8) is 0 Å². The fourth-order valence-corrected chi connectivity index (χ4v) is 3.05. The maximum Gasteiger partial charge on any atom is 0.331 e. The van der Waals surface area contributed by atoms with Crippen LogP contribution in [0, 0.1) is 22.0 Å². The highest BCUT2D eigenvalue weighted by atomic mass is 16.6. The van der Waals surface area contributed by atoms with Crippen LogP contribution in [0.4, 0.5) is 5.69 Å². The molecule has 7 heteroatoms. The molecule has 1 aromatic rings. The Morgan fingerprint density at radius 3 is 2.64 bits per heavy atom. The van der Waals surface area contributed by atoms with E-state index in [0.29, 0.717) is 30.5 Å². The van der Waals surface area contributed by atoms with E-state index in [1.165, 1.54) is 24.3 Å². The van der Waals surface area contributed by atoms with Gasteiger partial charge >= 0.3 is 5.97 Å². The monoisotopic (exact) mass is 346 g/mol. The molecule has 1 saturated heterocycles. The first-order valence-corrected chi connectivity index (χ1v) is 8.22. The molecule has 0 aliphatic carbocycles. The Hall–Kier alpha value is -2.70. The molecule has 1 aliphatic heterocycles. The van der Waals surface area contributed by atoms with E-state index in [4.69, 9.17) is 4.74 Å². The molecule has 1 amide bonds. The molecule has 0 radical (unpaired) electrons. The number of amides is 1. The van der Waals surface area contributed by atoms with Crippen LogP contribution in [0.2, 0.25) is 0 Å². The lowest BCUT2D eigenvalue weighted by molar-refractivity contribution is -0.384. The minimum Gasteiger partial charge on any atom is -0.452 e. The molecule has 1 fully saturated rings. The maximum atomic E-state index is 12.1. The molecule has 1 heterocycles. The van der Waals surface area contributed by atoms with Crippen molar-refractivity contribution >= 4 is 23.6 Å². The highest BCUT2D eigenvalue weighted by Crippen LogP contribution is 2.21. The second kappa shape index (κ2) is 8.41. The van der Waals surface area contributed by atoms with Gasteiger partial charge in [0.25, 0.3) is 11.6 Å². The van der Waals surface area contributed by atoms with Crippen molar-refractivity contribution in [1.29, 1.82) is 0 Å². The Kier molecular flexibility index (Phi) is 6.27. The standard InChI is InChI=1S/C18H22N2O5/c1-13-8-14(2)11-19(10-13)17(21)12-25-18(22)7-6-15-4-3-5-16(9-15)20(23)24/h3-7,9,13-14H,8,10-12H2,1-2H3/b7-6+. The number of piperidine rings is 1. The number of carbonyl (C=O) groups excluding carboxylic acids is 2. The Labute approximate surface area is 146 Å². The zero-order chi connectivity index (χ0) is 18.4. The first-order chi connectivity index (χ1) is 11.8. The summed E-state index contributed by atoms with van der Waals surface area (Å²) in [5.74, 6) is 0.0304. The predicted molar refractivity (Wildman–Crippen MR) is 92.6 cm³/mol. The molecule has 0 spiro atoms. The molecule has 0 bridgehead atoms. The molecule has 2 rings (SSSR count). The Balaban J connectivity index is 1.85. The van der Waals surface area contributed by atoms with Crippen molar-refractivity contribution in [3.05, 3.63) is 46.0 Å². The smallest absolute Gasteiger partial charge is 0.331 e. The van der Waals surface area contributed by atoms with Crippen molar-refractivity contribution in [3.8, 4) is 0 Å². The number of esters is 1. The first kappa shape index (κ1) is 18.6. The molecule has 2 atom stereocenters. The van der Waals surface area contributed by atoms with Crippen molar-refractivity contribution in [2.24, 2.45) is 11.8 Å². The van der Waals surface area contributed by atoms with Gasteiger partial charge in [0, 0.05) is 31.3 Å². The van der Waals surface area contributed by atoms with Crippen LogP contribution >= 0.6 is 0 Å². The summed E-state index contributed by atoms with van der Waals surface area (Å²) in [7, 11) is 0. The zero-order valence-corrected chi connectivity index (χ0v) is 14.4. The largest absolute Gasteiger partial charge is 0.452 e. The molecular weight excluding hydrogens is 324 g/mol. The molecule has 25 heavy (non-hydrogen) atoms. The number of nitrogens with zero attached hydrogens (tertiary/aromatic N) is 2. The summed E-state index contributed by atoms with van der Waals surface area (Å²) in [5.41, 5.74) is 0.454. The van der Waals surface area contributed by atoms with E-state index in [1.54, 1.807) is 11.0 Å². The van der Waals surface area contributed by atoms with E-state index in [9.17, 15) is 19.7 Å². The Morgan fingerprint density at radius 1 is 1.32 bits per heavy atom. The van der Waals surface area contributed by atoms with Crippen LogP contribution in [0.3, 0.4) is 0 Å². The van der Waals surface area contributed by atoms with E-state index in [2.05, 4.69) is 13.8 Å². The van der Waals surface area contributed by atoms with Crippen molar-refractivity contribution in [2.45, 2.75) is 20.3 Å². The second-order valence-electron chi connectivity index (χ2n) is 6.54. The molecule has 2 unspecified atom stereocenters. The Morgan fingerprint density at radius 2 is 2.00 bits per heavy atom. The normalized spacial score (nSPS) is 20.5. The SMILES string of the molecule is CC1CC(C)CN(C(=O)COC(=O)/C=C/c2cccc([N+](=O)[O-])c2)C1. The minimum absolute atomic E-state index is 0.0565. The number of nitro benzene ring substituents is 1. The second-order valence-corrected chi connectivity index (χ2v) is 6.54. The number of carbonyl (C=O) groups is 2. The number of non-ortho nitro benzene ring substituents is 1. The average Bonchev–Trinajstić information content (AvgIpc) is 2.57. The quantitative estimate of drug-likeness (QED) is 0.354. The van der Waals surface area contributed by atoms with Crippen molar-refractivity contribution < 1.29 is 19.2 Å². The third-order valence-corrected chi connectivity index (χ3v) is 4.05. The van der Waals surface area contributed by atoms with Crippen LogP contribution in [-0.2, 0) is 14.3 Å². The van der Waals surface area contributed by atoms with Gasteiger partial charge < -0.3 is 9.64 Å². The van der Waals surface area contributed by atoms with Crippen LogP contribution < -0.4 is 0 Å². The number of nitro groups is 1. The summed E-state index contributed by atoms with van der Waals surface area (Å²) in [6, 6.07) is 5.89. The van der Waals surface area contributed by atoms with Crippen LogP contribution in [0.25, 0.3) is 6.08 Å². The predicted octanol–water partition coefficient (Wildman–Crippen LogP) is 2.66. The van der Waals surface area contributed by atoms with E-state index in [1.807, 2.05) is 0 Å². The summed E-state index contributed by atoms with van der Waals surface area (Å²) in [4.78, 5) is 35.8. The van der Waals surface area contributed by atoms with Gasteiger partial charge in [-0.2, -0.15) is 0 Å². The average molecular weight is 346 g/mol. The Bertz CT molecular complexity index is 676. The fourth-order valence-electron chi connectivity index (χ4n) is 3.05. The van der Waals surface area contributed by atoms with Gasteiger partial charge in [-0.25, -0.2) is 4.79 Å². The van der Waals surface area contributed by atoms with Crippen LogP contribution in [0.1, 0.15) is 25.8 Å². The molecule has 0 saturated carbocycles. The van der Waals surface area contributed by atoms with Gasteiger partial charge in [0.05, 0.1) is 4.92 Å².